The molecule has 2 rings (SSSR count). The molecule has 0 aliphatic rings. The Morgan fingerprint density at radius 3 is 2.88 bits per heavy atom. The van der Waals surface area contributed by atoms with Crippen LogP contribution in [0, 0.1) is 5.82 Å². The molecule has 1 heterocycles. The Bertz CT molecular complexity index is 514. The molecular weight excluding hydrogens is 207 g/mol. The highest BCUT2D eigenvalue weighted by molar-refractivity contribution is 5.91. The lowest BCUT2D eigenvalue weighted by molar-refractivity contribution is 0.182. The maximum absolute atomic E-state index is 13.1. The van der Waals surface area contributed by atoms with Gasteiger partial charge in [-0.3, -0.25) is 4.98 Å². The Kier molecular flexibility index (Phi) is 3.01. The van der Waals surface area contributed by atoms with Crippen LogP contribution in [0.15, 0.2) is 24.3 Å². The second-order valence-electron chi connectivity index (χ2n) is 3.51. The zero-order valence-electron chi connectivity index (χ0n) is 9.25. The quantitative estimate of drug-likeness (QED) is 0.863. The van der Waals surface area contributed by atoms with E-state index in [-0.39, 0.29) is 5.82 Å². The fourth-order valence-corrected chi connectivity index (χ4v) is 1.68. The molecule has 0 saturated heterocycles. The van der Waals surface area contributed by atoms with Crippen LogP contribution in [0.2, 0.25) is 0 Å². The van der Waals surface area contributed by atoms with Crippen LogP contribution in [-0.2, 0) is 11.3 Å². The second-order valence-corrected chi connectivity index (χ2v) is 3.51. The Labute approximate surface area is 93.3 Å². The standard InChI is InChI=1S/C12H13FN2O/c1-14-12-6-9(7-16-2)15-11-4-3-8(13)5-10(11)12/h3-6H,7H2,1-2H3,(H,14,15). The first-order valence-electron chi connectivity index (χ1n) is 5.00. The third-order valence-corrected chi connectivity index (χ3v) is 2.39. The molecule has 1 aromatic carbocycles. The SMILES string of the molecule is CNc1cc(COC)nc2ccc(F)cc12. The van der Waals surface area contributed by atoms with Gasteiger partial charge in [0.25, 0.3) is 0 Å². The van der Waals surface area contributed by atoms with Crippen molar-refractivity contribution >= 4 is 16.6 Å². The number of nitrogens with zero attached hydrogens (tertiary/aromatic N) is 1. The molecule has 1 aromatic heterocycles. The molecule has 2 aromatic rings. The monoisotopic (exact) mass is 220 g/mol. The summed E-state index contributed by atoms with van der Waals surface area (Å²) in [6.07, 6.45) is 0. The van der Waals surface area contributed by atoms with Gasteiger partial charge in [-0.15, -0.1) is 0 Å². The number of aromatic nitrogens is 1. The number of hydrogen-bond donors (Lipinski definition) is 1. The normalized spacial score (nSPS) is 10.7. The Balaban J connectivity index is 2.63. The molecule has 0 radical (unpaired) electrons. The van der Waals surface area contributed by atoms with E-state index in [2.05, 4.69) is 10.3 Å². The van der Waals surface area contributed by atoms with Crippen LogP contribution in [0.4, 0.5) is 10.1 Å². The summed E-state index contributed by atoms with van der Waals surface area (Å²) in [6.45, 7) is 0.446. The van der Waals surface area contributed by atoms with Gasteiger partial charge in [-0.2, -0.15) is 0 Å². The molecule has 0 saturated carbocycles. The summed E-state index contributed by atoms with van der Waals surface area (Å²) in [4.78, 5) is 4.38. The Morgan fingerprint density at radius 1 is 1.38 bits per heavy atom. The third-order valence-electron chi connectivity index (χ3n) is 2.39. The minimum atomic E-state index is -0.259. The van der Waals surface area contributed by atoms with E-state index < -0.39 is 0 Å². The molecule has 4 heteroatoms. The Hall–Kier alpha value is -1.68. The van der Waals surface area contributed by atoms with Gasteiger partial charge in [-0.25, -0.2) is 4.39 Å². The molecule has 0 spiro atoms. The first-order chi connectivity index (χ1) is 7.74. The topological polar surface area (TPSA) is 34.1 Å². The summed E-state index contributed by atoms with van der Waals surface area (Å²) < 4.78 is 18.2. The zero-order chi connectivity index (χ0) is 11.5. The molecule has 1 N–H and O–H groups in total. The molecule has 84 valence electrons. The highest BCUT2D eigenvalue weighted by Crippen LogP contribution is 2.23. The van der Waals surface area contributed by atoms with Gasteiger partial charge in [-0.05, 0) is 24.3 Å². The lowest BCUT2D eigenvalue weighted by Crippen LogP contribution is -1.98. The maximum Gasteiger partial charge on any atom is 0.124 e. The number of hydrogen-bond acceptors (Lipinski definition) is 3. The summed E-state index contributed by atoms with van der Waals surface area (Å²) in [6, 6.07) is 6.42. The number of ether oxygens (including phenoxy) is 1. The maximum atomic E-state index is 13.1. The van der Waals surface area contributed by atoms with E-state index in [9.17, 15) is 4.39 Å². The fraction of sp³-hybridized carbons (Fsp3) is 0.250. The van der Waals surface area contributed by atoms with Gasteiger partial charge in [-0.1, -0.05) is 0 Å². The first kappa shape index (κ1) is 10.8. The van der Waals surface area contributed by atoms with Gasteiger partial charge in [0, 0.05) is 25.2 Å². The number of methoxy groups -OCH3 is 1. The number of benzene rings is 1. The lowest BCUT2D eigenvalue weighted by atomic mass is 10.1. The molecular formula is C12H13FN2O. The number of anilines is 1. The van der Waals surface area contributed by atoms with Crippen molar-refractivity contribution in [2.75, 3.05) is 19.5 Å². The number of fused-ring (bicyclic) bond motifs is 1. The van der Waals surface area contributed by atoms with Crippen LogP contribution in [0.5, 0.6) is 0 Å². The van der Waals surface area contributed by atoms with Gasteiger partial charge in [0.2, 0.25) is 0 Å². The molecule has 0 unspecified atom stereocenters. The summed E-state index contributed by atoms with van der Waals surface area (Å²) in [5, 5.41) is 3.81. The highest BCUT2D eigenvalue weighted by atomic mass is 19.1. The lowest BCUT2D eigenvalue weighted by Gasteiger charge is -2.08. The van der Waals surface area contributed by atoms with Crippen LogP contribution < -0.4 is 5.32 Å². The van der Waals surface area contributed by atoms with Crippen molar-refractivity contribution in [3.63, 3.8) is 0 Å². The molecule has 0 fully saturated rings. The van der Waals surface area contributed by atoms with Crippen LogP contribution >= 0.6 is 0 Å². The van der Waals surface area contributed by atoms with Gasteiger partial charge >= 0.3 is 0 Å². The molecule has 0 aliphatic heterocycles. The van der Waals surface area contributed by atoms with Crippen LogP contribution in [-0.4, -0.2) is 19.1 Å². The van der Waals surface area contributed by atoms with E-state index >= 15 is 0 Å². The van der Waals surface area contributed by atoms with Crippen LogP contribution in [0.3, 0.4) is 0 Å². The number of pyridine rings is 1. The predicted octanol–water partition coefficient (Wildman–Crippen LogP) is 2.56. The minimum Gasteiger partial charge on any atom is -0.388 e. The van der Waals surface area contributed by atoms with Gasteiger partial charge in [0.1, 0.15) is 5.82 Å². The van der Waals surface area contributed by atoms with Crippen molar-refractivity contribution in [3.05, 3.63) is 35.8 Å². The van der Waals surface area contributed by atoms with E-state index in [0.717, 1.165) is 22.3 Å². The van der Waals surface area contributed by atoms with E-state index in [1.54, 1.807) is 20.2 Å². The largest absolute Gasteiger partial charge is 0.388 e. The number of rotatable bonds is 3. The summed E-state index contributed by atoms with van der Waals surface area (Å²) in [7, 11) is 3.42. The van der Waals surface area contributed by atoms with E-state index in [1.165, 1.54) is 12.1 Å². The van der Waals surface area contributed by atoms with Crippen molar-refractivity contribution < 1.29 is 9.13 Å². The van der Waals surface area contributed by atoms with Crippen molar-refractivity contribution in [3.8, 4) is 0 Å². The Morgan fingerprint density at radius 2 is 2.19 bits per heavy atom. The third kappa shape index (κ3) is 1.97. The number of halogens is 1. The average Bonchev–Trinajstić information content (AvgIpc) is 2.29. The first-order valence-corrected chi connectivity index (χ1v) is 5.00. The van der Waals surface area contributed by atoms with Crippen molar-refractivity contribution in [2.45, 2.75) is 6.61 Å². The zero-order valence-corrected chi connectivity index (χ0v) is 9.25. The summed E-state index contributed by atoms with van der Waals surface area (Å²) in [5.74, 6) is -0.259. The minimum absolute atomic E-state index is 0.259. The smallest absolute Gasteiger partial charge is 0.124 e. The van der Waals surface area contributed by atoms with Crippen molar-refractivity contribution in [2.24, 2.45) is 0 Å². The van der Waals surface area contributed by atoms with Gasteiger partial charge in [0.05, 0.1) is 17.8 Å². The van der Waals surface area contributed by atoms with Crippen LogP contribution in [0.1, 0.15) is 5.69 Å². The van der Waals surface area contributed by atoms with E-state index in [4.69, 9.17) is 4.74 Å². The van der Waals surface area contributed by atoms with Crippen molar-refractivity contribution in [1.29, 1.82) is 0 Å². The van der Waals surface area contributed by atoms with Crippen molar-refractivity contribution in [1.82, 2.24) is 4.98 Å². The van der Waals surface area contributed by atoms with Crippen LogP contribution in [0.25, 0.3) is 10.9 Å². The molecule has 0 bridgehead atoms. The second kappa shape index (κ2) is 4.45. The fourth-order valence-electron chi connectivity index (χ4n) is 1.68. The highest BCUT2D eigenvalue weighted by Gasteiger charge is 2.05. The van der Waals surface area contributed by atoms with Gasteiger partial charge < -0.3 is 10.1 Å². The average molecular weight is 220 g/mol. The van der Waals surface area contributed by atoms with E-state index in [1.807, 2.05) is 6.07 Å². The molecule has 3 nitrogen and oxygen atoms in total. The molecule has 0 aliphatic carbocycles. The van der Waals surface area contributed by atoms with Gasteiger partial charge in [0.15, 0.2) is 0 Å². The number of nitrogens with one attached hydrogen (secondary N) is 1. The molecule has 0 atom stereocenters. The molecule has 16 heavy (non-hydrogen) atoms. The predicted molar refractivity (Wildman–Crippen MR) is 62.0 cm³/mol. The summed E-state index contributed by atoms with van der Waals surface area (Å²) >= 11 is 0. The summed E-state index contributed by atoms with van der Waals surface area (Å²) in [5.41, 5.74) is 2.45. The van der Waals surface area contributed by atoms with E-state index in [0.29, 0.717) is 6.61 Å². The molecule has 0 amide bonds.